The Morgan fingerprint density at radius 1 is 1.04 bits per heavy atom. The van der Waals surface area contributed by atoms with E-state index in [1.807, 2.05) is 18.2 Å². The van der Waals surface area contributed by atoms with Crippen molar-refractivity contribution in [2.75, 3.05) is 0 Å². The van der Waals surface area contributed by atoms with Crippen LogP contribution in [0.1, 0.15) is 19.4 Å². The predicted molar refractivity (Wildman–Crippen MR) is 101 cm³/mol. The molecule has 0 atom stereocenters. The van der Waals surface area contributed by atoms with Gasteiger partial charge in [-0.2, -0.15) is 0 Å². The molecule has 0 unspecified atom stereocenters. The lowest BCUT2D eigenvalue weighted by Gasteiger charge is -2.33. The van der Waals surface area contributed by atoms with Crippen LogP contribution in [0, 0.1) is 11.7 Å². The predicted octanol–water partition coefficient (Wildman–Crippen LogP) is 4.24. The first-order valence-corrected chi connectivity index (χ1v) is 9.29. The summed E-state index contributed by atoms with van der Waals surface area (Å²) in [6, 6.07) is 15.0. The summed E-state index contributed by atoms with van der Waals surface area (Å²) < 4.78 is 23.5. The van der Waals surface area contributed by atoms with Gasteiger partial charge in [-0.3, -0.25) is 9.59 Å². The molecule has 1 heterocycles. The Morgan fingerprint density at radius 2 is 1.63 bits per heavy atom. The zero-order chi connectivity index (χ0) is 19.4. The largest absolute Gasteiger partial charge is 0.422 e. The number of benzene rings is 2. The molecule has 1 aliphatic heterocycles. The molecule has 0 spiro atoms. The summed E-state index contributed by atoms with van der Waals surface area (Å²) >= 11 is 1.22. The minimum absolute atomic E-state index is 0.274. The Kier molecular flexibility index (Phi) is 5.60. The standard InChI is InChI=1S/C20H18FNO4S/c1-20(2)25-18(23)16(19(24)26-20)17(22-15-6-4-3-5-7-15)27-12-13-8-10-14(21)11-9-13/h3-11,16H,12H2,1-2H3. The molecule has 27 heavy (non-hydrogen) atoms. The summed E-state index contributed by atoms with van der Waals surface area (Å²) in [7, 11) is 0. The maximum absolute atomic E-state index is 13.1. The zero-order valence-electron chi connectivity index (χ0n) is 14.8. The van der Waals surface area contributed by atoms with E-state index in [2.05, 4.69) is 4.99 Å². The fourth-order valence-corrected chi connectivity index (χ4v) is 3.50. The molecule has 0 saturated carbocycles. The molecule has 1 fully saturated rings. The monoisotopic (exact) mass is 387 g/mol. The van der Waals surface area contributed by atoms with Gasteiger partial charge in [-0.15, -0.1) is 11.8 Å². The Morgan fingerprint density at radius 3 is 2.22 bits per heavy atom. The van der Waals surface area contributed by atoms with E-state index in [0.29, 0.717) is 11.4 Å². The Balaban J connectivity index is 1.88. The van der Waals surface area contributed by atoms with Crippen LogP contribution in [0.15, 0.2) is 59.6 Å². The molecule has 3 rings (SSSR count). The summed E-state index contributed by atoms with van der Waals surface area (Å²) in [5.74, 6) is -3.86. The number of hydrogen-bond donors (Lipinski definition) is 0. The average Bonchev–Trinajstić information content (AvgIpc) is 2.60. The molecule has 0 bridgehead atoms. The number of aliphatic imine (C=N–C) groups is 1. The third-order valence-corrected chi connectivity index (χ3v) is 4.81. The molecular weight excluding hydrogens is 369 g/mol. The first kappa shape index (κ1) is 19.1. The Labute approximate surface area is 160 Å². The number of thioether (sulfide) groups is 1. The number of carbonyl (C=O) groups excluding carboxylic acids is 2. The number of cyclic esters (lactones) is 2. The van der Waals surface area contributed by atoms with Crippen molar-refractivity contribution in [3.8, 4) is 0 Å². The van der Waals surface area contributed by atoms with Crippen molar-refractivity contribution in [2.45, 2.75) is 25.4 Å². The molecule has 1 aliphatic rings. The smallest absolute Gasteiger partial charge is 0.330 e. The number of ether oxygens (including phenoxy) is 2. The topological polar surface area (TPSA) is 65.0 Å². The molecule has 0 aromatic heterocycles. The van der Waals surface area contributed by atoms with Crippen molar-refractivity contribution in [1.29, 1.82) is 0 Å². The van der Waals surface area contributed by atoms with E-state index in [1.165, 1.54) is 37.7 Å². The average molecular weight is 387 g/mol. The number of halogens is 1. The highest BCUT2D eigenvalue weighted by molar-refractivity contribution is 8.13. The molecule has 0 aliphatic carbocycles. The minimum Gasteiger partial charge on any atom is -0.422 e. The number of hydrogen-bond acceptors (Lipinski definition) is 6. The van der Waals surface area contributed by atoms with Gasteiger partial charge in [-0.1, -0.05) is 30.3 Å². The van der Waals surface area contributed by atoms with Crippen LogP contribution in [-0.4, -0.2) is 22.8 Å². The van der Waals surface area contributed by atoms with Crippen LogP contribution in [0.3, 0.4) is 0 Å². The molecule has 0 amide bonds. The van der Waals surface area contributed by atoms with Crippen LogP contribution in [0.2, 0.25) is 0 Å². The van der Waals surface area contributed by atoms with Crippen molar-refractivity contribution in [2.24, 2.45) is 10.9 Å². The van der Waals surface area contributed by atoms with Crippen molar-refractivity contribution in [3.05, 3.63) is 66.0 Å². The number of nitrogens with zero attached hydrogens (tertiary/aromatic N) is 1. The first-order valence-electron chi connectivity index (χ1n) is 8.31. The molecule has 2 aromatic rings. The molecule has 0 radical (unpaired) electrons. The van der Waals surface area contributed by atoms with Crippen LogP contribution in [-0.2, 0) is 24.8 Å². The van der Waals surface area contributed by atoms with Gasteiger partial charge in [0, 0.05) is 19.6 Å². The quantitative estimate of drug-likeness (QED) is 0.340. The van der Waals surface area contributed by atoms with Crippen LogP contribution in [0.4, 0.5) is 10.1 Å². The number of carbonyl (C=O) groups is 2. The van der Waals surface area contributed by atoms with E-state index in [4.69, 9.17) is 9.47 Å². The van der Waals surface area contributed by atoms with Crippen molar-refractivity contribution >= 4 is 34.4 Å². The molecular formula is C20H18FNO4S. The molecule has 2 aromatic carbocycles. The Hall–Kier alpha value is -2.67. The highest BCUT2D eigenvalue weighted by Crippen LogP contribution is 2.30. The zero-order valence-corrected chi connectivity index (χ0v) is 15.7. The van der Waals surface area contributed by atoms with E-state index in [-0.39, 0.29) is 10.9 Å². The highest BCUT2D eigenvalue weighted by atomic mass is 32.2. The van der Waals surface area contributed by atoms with E-state index >= 15 is 0 Å². The summed E-state index contributed by atoms with van der Waals surface area (Å²) in [4.78, 5) is 29.3. The van der Waals surface area contributed by atoms with Crippen molar-refractivity contribution in [1.82, 2.24) is 0 Å². The van der Waals surface area contributed by atoms with E-state index in [1.54, 1.807) is 24.3 Å². The second-order valence-corrected chi connectivity index (χ2v) is 7.37. The maximum atomic E-state index is 13.1. The second-order valence-electron chi connectivity index (χ2n) is 6.38. The number of rotatable bonds is 4. The first-order chi connectivity index (χ1) is 12.8. The lowest BCUT2D eigenvalue weighted by molar-refractivity contribution is -0.235. The van der Waals surface area contributed by atoms with Gasteiger partial charge in [-0.05, 0) is 29.8 Å². The third-order valence-electron chi connectivity index (χ3n) is 3.71. The maximum Gasteiger partial charge on any atom is 0.330 e. The second kappa shape index (κ2) is 7.92. The van der Waals surface area contributed by atoms with Gasteiger partial charge in [0.15, 0.2) is 0 Å². The van der Waals surface area contributed by atoms with Gasteiger partial charge in [0.05, 0.1) is 10.7 Å². The van der Waals surface area contributed by atoms with Crippen molar-refractivity contribution < 1.29 is 23.5 Å². The van der Waals surface area contributed by atoms with E-state index in [9.17, 15) is 14.0 Å². The van der Waals surface area contributed by atoms with Gasteiger partial charge >= 0.3 is 11.9 Å². The molecule has 0 N–H and O–H groups in total. The third kappa shape index (κ3) is 4.95. The van der Waals surface area contributed by atoms with Gasteiger partial charge in [-0.25, -0.2) is 9.38 Å². The van der Waals surface area contributed by atoms with Crippen LogP contribution in [0.5, 0.6) is 0 Å². The van der Waals surface area contributed by atoms with Crippen LogP contribution in [0.25, 0.3) is 0 Å². The summed E-state index contributed by atoms with van der Waals surface area (Å²) in [6.07, 6.45) is 0. The molecule has 1 saturated heterocycles. The van der Waals surface area contributed by atoms with Gasteiger partial charge in [0.2, 0.25) is 5.92 Å². The SMILES string of the molecule is CC1(C)OC(=O)C(C(=Nc2ccccc2)SCc2ccc(F)cc2)C(=O)O1. The van der Waals surface area contributed by atoms with Gasteiger partial charge < -0.3 is 9.47 Å². The normalized spacial score (nSPS) is 17.4. The fraction of sp³-hybridized carbons (Fsp3) is 0.250. The molecule has 7 heteroatoms. The minimum atomic E-state index is -1.30. The van der Waals surface area contributed by atoms with Gasteiger partial charge in [0.1, 0.15) is 5.82 Å². The van der Waals surface area contributed by atoms with Crippen molar-refractivity contribution in [3.63, 3.8) is 0 Å². The summed E-state index contributed by atoms with van der Waals surface area (Å²) in [5.41, 5.74) is 1.43. The van der Waals surface area contributed by atoms with E-state index in [0.717, 1.165) is 5.56 Å². The lowest BCUT2D eigenvalue weighted by atomic mass is 10.1. The summed E-state index contributed by atoms with van der Waals surface area (Å²) in [6.45, 7) is 3.00. The molecule has 5 nitrogen and oxygen atoms in total. The lowest BCUT2D eigenvalue weighted by Crippen LogP contribution is -2.48. The summed E-state index contributed by atoms with van der Waals surface area (Å²) in [5, 5.41) is 0.274. The molecule has 140 valence electrons. The number of para-hydroxylation sites is 1. The highest BCUT2D eigenvalue weighted by Gasteiger charge is 2.46. The number of esters is 2. The Bertz CT molecular complexity index is 845. The van der Waals surface area contributed by atoms with Crippen LogP contribution < -0.4 is 0 Å². The van der Waals surface area contributed by atoms with Gasteiger partial charge in [0.25, 0.3) is 5.79 Å². The van der Waals surface area contributed by atoms with Crippen LogP contribution >= 0.6 is 11.8 Å². The fourth-order valence-electron chi connectivity index (χ4n) is 2.47. The van der Waals surface area contributed by atoms with E-state index < -0.39 is 23.6 Å².